The lowest BCUT2D eigenvalue weighted by atomic mass is 9.43. The molecular weight excluding hydrogens is 486 g/mol. The number of benzene rings is 1. The predicted octanol–water partition coefficient (Wildman–Crippen LogP) is 4.44. The number of carbonyl (C=O) groups excluding carboxylic acids is 2. The fourth-order valence-electron chi connectivity index (χ4n) is 8.31. The third-order valence-electron chi connectivity index (χ3n) is 10.6. The molecule has 4 bridgehead atoms. The van der Waals surface area contributed by atoms with Crippen LogP contribution in [-0.4, -0.2) is 59.9 Å². The molecule has 0 spiro atoms. The van der Waals surface area contributed by atoms with Crippen LogP contribution in [0.3, 0.4) is 0 Å². The fourth-order valence-corrected chi connectivity index (χ4v) is 8.31. The van der Waals surface area contributed by atoms with Crippen LogP contribution in [0.1, 0.15) is 64.9 Å². The Bertz CT molecular complexity index is 1120. The first-order valence-electron chi connectivity index (χ1n) is 14.0. The number of hydrogen-bond donors (Lipinski definition) is 1. The second-order valence-corrected chi connectivity index (χ2v) is 12.9. The molecule has 204 valence electrons. The van der Waals surface area contributed by atoms with Crippen LogP contribution >= 0.6 is 0 Å². The quantitative estimate of drug-likeness (QED) is 0.422. The van der Waals surface area contributed by atoms with Gasteiger partial charge in [0.1, 0.15) is 12.4 Å². The summed E-state index contributed by atoms with van der Waals surface area (Å²) in [5.41, 5.74) is 0.193. The van der Waals surface area contributed by atoms with Gasteiger partial charge in [0, 0.05) is 6.04 Å². The molecule has 7 rings (SSSR count). The molecule has 7 nitrogen and oxygen atoms in total. The SMILES string of the molecule is C=CC(=O)N1C2CCC1(COC(=O)N[C@@H](Cc1ccc(F)cc1)B1O[C@@H]3C[C@@H]4C[C@@H](C4(C)C)[C@]3(C)O1)CC2. The summed E-state index contributed by atoms with van der Waals surface area (Å²) in [5.74, 6) is 0.0823. The van der Waals surface area contributed by atoms with Crippen molar-refractivity contribution in [1.82, 2.24) is 10.2 Å². The van der Waals surface area contributed by atoms with E-state index >= 15 is 0 Å². The van der Waals surface area contributed by atoms with E-state index in [2.05, 4.69) is 32.7 Å². The molecule has 1 aromatic carbocycles. The number of alkyl carbamates (subject to hydrolysis) is 1. The molecule has 6 fully saturated rings. The zero-order valence-electron chi connectivity index (χ0n) is 22.6. The molecular formula is C29H38BFN2O5. The molecule has 0 unspecified atom stereocenters. The van der Waals surface area contributed by atoms with Crippen molar-refractivity contribution in [3.05, 3.63) is 48.3 Å². The third-order valence-corrected chi connectivity index (χ3v) is 10.6. The Kier molecular flexibility index (Phi) is 6.18. The standard InChI is InChI=1S/C29H38BFN2O5/c1-5-25(34)33-21-10-12-29(33,13-11-21)17-36-26(35)32-24(14-18-6-8-20(31)9-7-18)30-37-23-16-19-15-22(27(19,2)3)28(23,4)38-30/h5-9,19,21-24H,1,10-17H2,2-4H3,(H,32,35)/t19-,21?,22-,23+,24-,28-,29?/m0/s1. The molecule has 6 aliphatic rings. The Morgan fingerprint density at radius 1 is 1.24 bits per heavy atom. The highest BCUT2D eigenvalue weighted by atomic mass is 19.1. The van der Waals surface area contributed by atoms with Gasteiger partial charge in [-0.25, -0.2) is 9.18 Å². The lowest BCUT2D eigenvalue weighted by Gasteiger charge is -2.64. The van der Waals surface area contributed by atoms with Crippen molar-refractivity contribution in [1.29, 1.82) is 0 Å². The number of halogens is 1. The summed E-state index contributed by atoms with van der Waals surface area (Å²) < 4.78 is 32.5. The highest BCUT2D eigenvalue weighted by Gasteiger charge is 2.68. The summed E-state index contributed by atoms with van der Waals surface area (Å²) in [6, 6.07) is 6.46. The van der Waals surface area contributed by atoms with Gasteiger partial charge in [-0.15, -0.1) is 0 Å². The molecule has 3 saturated heterocycles. The Morgan fingerprint density at radius 2 is 1.95 bits per heavy atom. The zero-order chi connectivity index (χ0) is 26.9. The maximum absolute atomic E-state index is 13.6. The lowest BCUT2D eigenvalue weighted by Crippen LogP contribution is -2.65. The first-order chi connectivity index (χ1) is 18.1. The molecule has 9 heteroatoms. The molecule has 3 heterocycles. The molecule has 5 atom stereocenters. The number of nitrogens with one attached hydrogen (secondary N) is 1. The predicted molar refractivity (Wildman–Crippen MR) is 141 cm³/mol. The minimum atomic E-state index is -0.642. The van der Waals surface area contributed by atoms with Crippen LogP contribution in [0.15, 0.2) is 36.9 Å². The van der Waals surface area contributed by atoms with Crippen LogP contribution in [0, 0.1) is 23.1 Å². The smallest absolute Gasteiger partial charge is 0.447 e. The Labute approximate surface area is 224 Å². The monoisotopic (exact) mass is 524 g/mol. The van der Waals surface area contributed by atoms with Crippen LogP contribution in [0.2, 0.25) is 0 Å². The van der Waals surface area contributed by atoms with Crippen molar-refractivity contribution in [2.75, 3.05) is 6.61 Å². The van der Waals surface area contributed by atoms with Gasteiger partial charge >= 0.3 is 13.2 Å². The van der Waals surface area contributed by atoms with Crippen molar-refractivity contribution in [2.45, 2.75) is 94.9 Å². The van der Waals surface area contributed by atoms with E-state index in [1.165, 1.54) is 18.2 Å². The molecule has 1 N–H and O–H groups in total. The van der Waals surface area contributed by atoms with Gasteiger partial charge in [-0.3, -0.25) is 4.79 Å². The summed E-state index contributed by atoms with van der Waals surface area (Å²) >= 11 is 0. The van der Waals surface area contributed by atoms with Crippen molar-refractivity contribution in [2.24, 2.45) is 17.3 Å². The van der Waals surface area contributed by atoms with Crippen LogP contribution in [0.4, 0.5) is 9.18 Å². The molecule has 2 amide bonds. The van der Waals surface area contributed by atoms with Gasteiger partial charge in [0.15, 0.2) is 0 Å². The van der Waals surface area contributed by atoms with Gasteiger partial charge in [-0.1, -0.05) is 32.6 Å². The Hall–Kier alpha value is -2.39. The summed E-state index contributed by atoms with van der Waals surface area (Å²) in [5, 5.41) is 3.01. The largest absolute Gasteiger partial charge is 0.482 e. The van der Waals surface area contributed by atoms with Gasteiger partial charge < -0.3 is 24.3 Å². The van der Waals surface area contributed by atoms with E-state index in [1.54, 1.807) is 12.1 Å². The minimum Gasteiger partial charge on any atom is -0.447 e. The first-order valence-corrected chi connectivity index (χ1v) is 14.0. The average molecular weight is 524 g/mol. The summed E-state index contributed by atoms with van der Waals surface area (Å²) in [6.07, 6.45) is 6.71. The second kappa shape index (κ2) is 9.08. The Morgan fingerprint density at radius 3 is 2.61 bits per heavy atom. The fraction of sp³-hybridized carbons (Fsp3) is 0.655. The number of carbonyl (C=O) groups is 2. The number of nitrogens with zero attached hydrogens (tertiary/aromatic N) is 1. The van der Waals surface area contributed by atoms with Crippen LogP contribution in [-0.2, 0) is 25.3 Å². The van der Waals surface area contributed by atoms with E-state index in [1.807, 2.05) is 4.90 Å². The first kappa shape index (κ1) is 25.9. The molecule has 38 heavy (non-hydrogen) atoms. The van der Waals surface area contributed by atoms with Crippen LogP contribution in [0.5, 0.6) is 0 Å². The summed E-state index contributed by atoms with van der Waals surface area (Å²) in [7, 11) is -0.642. The summed E-state index contributed by atoms with van der Waals surface area (Å²) in [6.45, 7) is 10.6. The minimum absolute atomic E-state index is 0.0240. The van der Waals surface area contributed by atoms with E-state index in [4.69, 9.17) is 14.0 Å². The third kappa shape index (κ3) is 3.99. The van der Waals surface area contributed by atoms with Gasteiger partial charge in [-0.2, -0.15) is 0 Å². The number of hydrogen-bond acceptors (Lipinski definition) is 5. The van der Waals surface area contributed by atoms with Gasteiger partial charge in [0.2, 0.25) is 5.91 Å². The summed E-state index contributed by atoms with van der Waals surface area (Å²) in [4.78, 5) is 27.6. The molecule has 3 aliphatic heterocycles. The van der Waals surface area contributed by atoms with Crippen molar-refractivity contribution in [3.8, 4) is 0 Å². The van der Waals surface area contributed by atoms with Gasteiger partial charge in [0.25, 0.3) is 0 Å². The average Bonchev–Trinajstić information content (AvgIpc) is 3.56. The van der Waals surface area contributed by atoms with E-state index < -0.39 is 30.3 Å². The van der Waals surface area contributed by atoms with E-state index in [0.717, 1.165) is 44.1 Å². The van der Waals surface area contributed by atoms with Crippen LogP contribution < -0.4 is 5.32 Å². The van der Waals surface area contributed by atoms with Crippen molar-refractivity contribution >= 4 is 19.1 Å². The molecule has 3 aliphatic carbocycles. The zero-order valence-corrected chi connectivity index (χ0v) is 22.6. The van der Waals surface area contributed by atoms with Crippen molar-refractivity contribution < 1.29 is 28.0 Å². The van der Waals surface area contributed by atoms with E-state index in [0.29, 0.717) is 18.3 Å². The maximum Gasteiger partial charge on any atom is 0.482 e. The van der Waals surface area contributed by atoms with Gasteiger partial charge in [-0.05, 0) is 92.9 Å². The topological polar surface area (TPSA) is 77.1 Å². The van der Waals surface area contributed by atoms with Crippen molar-refractivity contribution in [3.63, 3.8) is 0 Å². The molecule has 0 radical (unpaired) electrons. The second-order valence-electron chi connectivity index (χ2n) is 12.9. The highest BCUT2D eigenvalue weighted by molar-refractivity contribution is 6.47. The number of amides is 2. The van der Waals surface area contributed by atoms with E-state index in [-0.39, 0.29) is 35.9 Å². The number of ether oxygens (including phenoxy) is 1. The highest BCUT2D eigenvalue weighted by Crippen LogP contribution is 2.65. The number of rotatable bonds is 7. The lowest BCUT2D eigenvalue weighted by molar-refractivity contribution is -0.199. The van der Waals surface area contributed by atoms with Crippen LogP contribution in [0.25, 0.3) is 0 Å². The Balaban J connectivity index is 1.17. The van der Waals surface area contributed by atoms with E-state index in [9.17, 15) is 14.0 Å². The molecule has 1 aromatic rings. The van der Waals surface area contributed by atoms with Gasteiger partial charge in [0.05, 0.1) is 23.2 Å². The molecule has 0 aromatic heterocycles. The maximum atomic E-state index is 13.6. The molecule has 3 saturated carbocycles. The normalized spacial score (nSPS) is 36.8. The number of fused-ring (bicyclic) bond motifs is 2.